The molecule has 1 fully saturated rings. The first-order valence-electron chi connectivity index (χ1n) is 9.60. The standard InChI is InChI=1S/C22H26N2O2/c1-15(13-16-5-3-2-4-6-16)23-19-10-7-17(8-11-19)18-9-12-20-21(14-18)26-22(25)24-20/h2-6,9,12,14-15,17,19,23H,7-8,10-11,13H2,1H3,(H,24,25). The molecule has 4 rings (SSSR count). The summed E-state index contributed by atoms with van der Waals surface area (Å²) in [6.45, 7) is 2.28. The lowest BCUT2D eigenvalue weighted by Crippen LogP contribution is -2.39. The Morgan fingerprint density at radius 1 is 1.12 bits per heavy atom. The van der Waals surface area contributed by atoms with Crippen LogP contribution in [0, 0.1) is 0 Å². The van der Waals surface area contributed by atoms with Crippen LogP contribution < -0.4 is 11.1 Å². The Morgan fingerprint density at radius 2 is 1.88 bits per heavy atom. The molecule has 1 aliphatic rings. The van der Waals surface area contributed by atoms with Crippen LogP contribution in [0.2, 0.25) is 0 Å². The van der Waals surface area contributed by atoms with Crippen LogP contribution in [0.1, 0.15) is 49.7 Å². The van der Waals surface area contributed by atoms with Crippen molar-refractivity contribution in [1.29, 1.82) is 0 Å². The zero-order valence-electron chi connectivity index (χ0n) is 15.2. The zero-order valence-corrected chi connectivity index (χ0v) is 15.2. The minimum Gasteiger partial charge on any atom is -0.408 e. The van der Waals surface area contributed by atoms with E-state index in [2.05, 4.69) is 53.6 Å². The largest absolute Gasteiger partial charge is 0.417 e. The summed E-state index contributed by atoms with van der Waals surface area (Å²) in [5, 5.41) is 3.81. The Bertz CT molecular complexity index is 905. The van der Waals surface area contributed by atoms with E-state index >= 15 is 0 Å². The summed E-state index contributed by atoms with van der Waals surface area (Å²) in [6, 6.07) is 17.9. The summed E-state index contributed by atoms with van der Waals surface area (Å²) in [6.07, 6.45) is 5.81. The van der Waals surface area contributed by atoms with Crippen molar-refractivity contribution in [3.8, 4) is 0 Å². The predicted octanol–water partition coefficient (Wildman–Crippen LogP) is 4.37. The van der Waals surface area contributed by atoms with E-state index in [1.165, 1.54) is 36.8 Å². The third kappa shape index (κ3) is 3.91. The number of aromatic amines is 1. The molecule has 1 aromatic heterocycles. The molecule has 0 spiro atoms. The predicted molar refractivity (Wildman–Crippen MR) is 105 cm³/mol. The Morgan fingerprint density at radius 3 is 2.65 bits per heavy atom. The average Bonchev–Trinajstić information content (AvgIpc) is 3.02. The summed E-state index contributed by atoms with van der Waals surface area (Å²) >= 11 is 0. The molecule has 1 heterocycles. The van der Waals surface area contributed by atoms with Gasteiger partial charge in [0.1, 0.15) is 0 Å². The number of aromatic nitrogens is 1. The number of H-pyrrole nitrogens is 1. The van der Waals surface area contributed by atoms with E-state index in [4.69, 9.17) is 4.42 Å². The molecule has 1 saturated carbocycles. The first-order chi connectivity index (χ1) is 12.7. The fourth-order valence-corrected chi connectivity index (χ4v) is 4.24. The molecule has 1 atom stereocenters. The second kappa shape index (κ2) is 7.50. The number of nitrogens with one attached hydrogen (secondary N) is 2. The molecule has 4 nitrogen and oxygen atoms in total. The van der Waals surface area contributed by atoms with E-state index < -0.39 is 0 Å². The van der Waals surface area contributed by atoms with Gasteiger partial charge >= 0.3 is 5.76 Å². The molecule has 136 valence electrons. The Balaban J connectivity index is 1.32. The van der Waals surface area contributed by atoms with Crippen LogP contribution in [0.5, 0.6) is 0 Å². The molecule has 0 radical (unpaired) electrons. The average molecular weight is 350 g/mol. The van der Waals surface area contributed by atoms with Crippen LogP contribution in [0.4, 0.5) is 0 Å². The fourth-order valence-electron chi connectivity index (χ4n) is 4.24. The summed E-state index contributed by atoms with van der Waals surface area (Å²) in [4.78, 5) is 14.0. The molecule has 0 bridgehead atoms. The molecule has 1 unspecified atom stereocenters. The van der Waals surface area contributed by atoms with Gasteiger partial charge in [-0.15, -0.1) is 0 Å². The molecule has 2 aromatic carbocycles. The number of hydrogen-bond acceptors (Lipinski definition) is 3. The van der Waals surface area contributed by atoms with Crippen molar-refractivity contribution in [1.82, 2.24) is 10.3 Å². The summed E-state index contributed by atoms with van der Waals surface area (Å²) in [7, 11) is 0. The van der Waals surface area contributed by atoms with Gasteiger partial charge < -0.3 is 9.73 Å². The van der Waals surface area contributed by atoms with Crippen LogP contribution >= 0.6 is 0 Å². The van der Waals surface area contributed by atoms with Gasteiger partial charge in [0.2, 0.25) is 0 Å². The molecule has 4 heteroatoms. The molecule has 2 N–H and O–H groups in total. The van der Waals surface area contributed by atoms with Crippen molar-refractivity contribution >= 4 is 11.1 Å². The van der Waals surface area contributed by atoms with E-state index in [1.807, 2.05) is 12.1 Å². The van der Waals surface area contributed by atoms with Gasteiger partial charge in [0.15, 0.2) is 5.58 Å². The molecule has 3 aromatic rings. The lowest BCUT2D eigenvalue weighted by Gasteiger charge is -2.31. The van der Waals surface area contributed by atoms with Gasteiger partial charge in [0, 0.05) is 12.1 Å². The first-order valence-corrected chi connectivity index (χ1v) is 9.60. The highest BCUT2D eigenvalue weighted by atomic mass is 16.4. The fraction of sp³-hybridized carbons (Fsp3) is 0.409. The quantitative estimate of drug-likeness (QED) is 0.718. The highest BCUT2D eigenvalue weighted by molar-refractivity contribution is 5.72. The number of fused-ring (bicyclic) bond motifs is 1. The van der Waals surface area contributed by atoms with E-state index in [1.54, 1.807) is 0 Å². The maximum Gasteiger partial charge on any atom is 0.417 e. The van der Waals surface area contributed by atoms with E-state index in [0.717, 1.165) is 11.9 Å². The van der Waals surface area contributed by atoms with Crippen molar-refractivity contribution in [3.63, 3.8) is 0 Å². The van der Waals surface area contributed by atoms with Crippen molar-refractivity contribution in [2.45, 2.75) is 57.0 Å². The highest BCUT2D eigenvalue weighted by Crippen LogP contribution is 2.34. The number of oxazole rings is 1. The van der Waals surface area contributed by atoms with Gasteiger partial charge in [-0.2, -0.15) is 0 Å². The Hall–Kier alpha value is -2.33. The van der Waals surface area contributed by atoms with E-state index in [0.29, 0.717) is 23.6 Å². The van der Waals surface area contributed by atoms with E-state index in [9.17, 15) is 4.79 Å². The van der Waals surface area contributed by atoms with Gasteiger partial charge in [0.05, 0.1) is 5.52 Å². The van der Waals surface area contributed by atoms with Crippen LogP contribution in [0.3, 0.4) is 0 Å². The summed E-state index contributed by atoms with van der Waals surface area (Å²) in [5.74, 6) is 0.180. The maximum absolute atomic E-state index is 11.3. The maximum atomic E-state index is 11.3. The zero-order chi connectivity index (χ0) is 17.9. The lowest BCUT2D eigenvalue weighted by molar-refractivity contribution is 0.319. The minimum absolute atomic E-state index is 0.377. The monoisotopic (exact) mass is 350 g/mol. The number of rotatable bonds is 5. The topological polar surface area (TPSA) is 58.0 Å². The summed E-state index contributed by atoms with van der Waals surface area (Å²) < 4.78 is 5.21. The third-order valence-electron chi connectivity index (χ3n) is 5.55. The van der Waals surface area contributed by atoms with Gasteiger partial charge in [0.25, 0.3) is 0 Å². The van der Waals surface area contributed by atoms with Crippen molar-refractivity contribution < 1.29 is 4.42 Å². The van der Waals surface area contributed by atoms with Crippen molar-refractivity contribution in [2.75, 3.05) is 0 Å². The smallest absolute Gasteiger partial charge is 0.408 e. The van der Waals surface area contributed by atoms with Gasteiger partial charge in [-0.3, -0.25) is 4.98 Å². The number of benzene rings is 2. The molecular weight excluding hydrogens is 324 g/mol. The first kappa shape index (κ1) is 17.1. The molecule has 1 aliphatic carbocycles. The molecule has 26 heavy (non-hydrogen) atoms. The molecular formula is C22H26N2O2. The van der Waals surface area contributed by atoms with Gasteiger partial charge in [-0.05, 0) is 68.2 Å². The molecule has 0 aliphatic heterocycles. The Kier molecular flexibility index (Phi) is 4.93. The number of hydrogen-bond donors (Lipinski definition) is 2. The van der Waals surface area contributed by atoms with Crippen LogP contribution in [0.25, 0.3) is 11.1 Å². The molecule has 0 amide bonds. The van der Waals surface area contributed by atoms with E-state index in [-0.39, 0.29) is 5.76 Å². The SMILES string of the molecule is CC(Cc1ccccc1)NC1CCC(c2ccc3[nH]c(=O)oc3c2)CC1. The molecule has 0 saturated heterocycles. The van der Waals surface area contributed by atoms with Gasteiger partial charge in [-0.1, -0.05) is 36.4 Å². The van der Waals surface area contributed by atoms with Gasteiger partial charge in [-0.25, -0.2) is 4.79 Å². The Labute approximate surface area is 153 Å². The van der Waals surface area contributed by atoms with Crippen LogP contribution in [0.15, 0.2) is 57.7 Å². The van der Waals surface area contributed by atoms with Crippen molar-refractivity contribution in [3.05, 3.63) is 70.2 Å². The van der Waals surface area contributed by atoms with Crippen LogP contribution in [-0.2, 0) is 6.42 Å². The normalized spacial score (nSPS) is 21.7. The lowest BCUT2D eigenvalue weighted by atomic mass is 9.81. The second-order valence-corrected chi connectivity index (χ2v) is 7.58. The summed E-state index contributed by atoms with van der Waals surface area (Å²) in [5.41, 5.74) is 4.13. The highest BCUT2D eigenvalue weighted by Gasteiger charge is 2.23. The minimum atomic E-state index is -0.377. The van der Waals surface area contributed by atoms with Crippen molar-refractivity contribution in [2.24, 2.45) is 0 Å². The third-order valence-corrected chi connectivity index (χ3v) is 5.55. The second-order valence-electron chi connectivity index (χ2n) is 7.58. The van der Waals surface area contributed by atoms with Crippen LogP contribution in [-0.4, -0.2) is 17.1 Å².